The molecule has 1 amide bonds. The summed E-state index contributed by atoms with van der Waals surface area (Å²) < 4.78 is 0. The van der Waals surface area contributed by atoms with Crippen molar-refractivity contribution in [3.63, 3.8) is 0 Å². The highest BCUT2D eigenvalue weighted by Crippen LogP contribution is 2.20. The second-order valence-corrected chi connectivity index (χ2v) is 3.88. The molecule has 0 atom stereocenters. The molecule has 1 aromatic carbocycles. The maximum Gasteiger partial charge on any atom is 0.231 e. The molecule has 88 valence electrons. The average Bonchev–Trinajstić information content (AvgIpc) is 2.29. The largest absolute Gasteiger partial charge is 0.326 e. The number of amides is 1. The van der Waals surface area contributed by atoms with Crippen molar-refractivity contribution >= 4 is 40.6 Å². The zero-order valence-corrected chi connectivity index (χ0v) is 10.2. The van der Waals surface area contributed by atoms with Gasteiger partial charge in [0.1, 0.15) is 6.07 Å². The van der Waals surface area contributed by atoms with E-state index in [1.165, 1.54) is 18.2 Å². The third-order valence-electron chi connectivity index (χ3n) is 1.88. The molecule has 0 fully saturated rings. The molecule has 1 aromatic rings. The monoisotopic (exact) mass is 270 g/mol. The maximum atomic E-state index is 11.3. The lowest BCUT2D eigenvalue weighted by Crippen LogP contribution is -2.17. The van der Waals surface area contributed by atoms with Gasteiger partial charge in [-0.25, -0.2) is 0 Å². The maximum absolute atomic E-state index is 11.3. The molecular formula is C11H8Cl2N2O2. The fourth-order valence-corrected chi connectivity index (χ4v) is 1.43. The summed E-state index contributed by atoms with van der Waals surface area (Å²) in [7, 11) is 0. The second-order valence-electron chi connectivity index (χ2n) is 3.20. The molecule has 1 N–H and O–H groups in total. The Morgan fingerprint density at radius 2 is 2.12 bits per heavy atom. The van der Waals surface area contributed by atoms with Gasteiger partial charge in [0.15, 0.2) is 5.78 Å². The van der Waals surface area contributed by atoms with Gasteiger partial charge in [0.05, 0.1) is 22.9 Å². The number of hydrogen-bond acceptors (Lipinski definition) is 3. The Hall–Kier alpha value is -1.57. The molecule has 6 heteroatoms. The molecule has 0 aliphatic rings. The summed E-state index contributed by atoms with van der Waals surface area (Å²) in [5, 5.41) is 11.4. The summed E-state index contributed by atoms with van der Waals surface area (Å²) >= 11 is 11.1. The Kier molecular flexibility index (Phi) is 4.95. The van der Waals surface area contributed by atoms with Crippen molar-refractivity contribution in [2.45, 2.75) is 6.42 Å². The van der Waals surface area contributed by atoms with E-state index in [1.54, 1.807) is 0 Å². The molecule has 0 unspecified atom stereocenters. The Balaban J connectivity index is 2.70. The lowest BCUT2D eigenvalue weighted by molar-refractivity contribution is -0.124. The highest BCUT2D eigenvalue weighted by atomic mass is 35.5. The first-order chi connectivity index (χ1) is 8.06. The number of hydrogen-bond donors (Lipinski definition) is 1. The van der Waals surface area contributed by atoms with E-state index in [2.05, 4.69) is 5.32 Å². The molecule has 0 heterocycles. The molecule has 0 aromatic heterocycles. The number of rotatable bonds is 4. The number of anilines is 1. The molecule has 0 saturated carbocycles. The number of benzene rings is 1. The molecule has 0 aliphatic carbocycles. The molecule has 0 radical (unpaired) electrons. The van der Waals surface area contributed by atoms with Gasteiger partial charge in [-0.05, 0) is 18.2 Å². The van der Waals surface area contributed by atoms with Crippen LogP contribution in [-0.4, -0.2) is 17.6 Å². The number of nitrogens with one attached hydrogen (secondary N) is 1. The van der Waals surface area contributed by atoms with Crippen LogP contribution in [0.1, 0.15) is 12.0 Å². The molecule has 0 aliphatic heterocycles. The first kappa shape index (κ1) is 13.5. The average molecular weight is 271 g/mol. The number of Topliss-reactive ketones (excluding diaryl/α,β-unsaturated/α-hetero) is 1. The van der Waals surface area contributed by atoms with Crippen LogP contribution in [0.15, 0.2) is 18.2 Å². The van der Waals surface area contributed by atoms with Crippen LogP contribution in [0, 0.1) is 11.3 Å². The lowest BCUT2D eigenvalue weighted by atomic mass is 10.2. The Morgan fingerprint density at radius 1 is 1.41 bits per heavy atom. The van der Waals surface area contributed by atoms with Crippen LogP contribution in [0.3, 0.4) is 0 Å². The zero-order valence-electron chi connectivity index (χ0n) is 8.67. The van der Waals surface area contributed by atoms with Gasteiger partial charge in [-0.2, -0.15) is 5.26 Å². The fraction of sp³-hybridized carbons (Fsp3) is 0.182. The van der Waals surface area contributed by atoms with Gasteiger partial charge in [0.25, 0.3) is 0 Å². The quantitative estimate of drug-likeness (QED) is 0.675. The first-order valence-corrected chi connectivity index (χ1v) is 5.55. The van der Waals surface area contributed by atoms with Crippen LogP contribution in [0.5, 0.6) is 0 Å². The number of carbonyl (C=O) groups excluding carboxylic acids is 2. The van der Waals surface area contributed by atoms with E-state index < -0.39 is 5.91 Å². The minimum Gasteiger partial charge on any atom is -0.326 e. The zero-order chi connectivity index (χ0) is 12.8. The van der Waals surface area contributed by atoms with Gasteiger partial charge in [-0.1, -0.05) is 11.6 Å². The first-order valence-electron chi connectivity index (χ1n) is 4.64. The molecule has 17 heavy (non-hydrogen) atoms. The van der Waals surface area contributed by atoms with E-state index in [0.29, 0.717) is 11.3 Å². The second kappa shape index (κ2) is 6.24. The summed E-state index contributed by atoms with van der Waals surface area (Å²) in [6.07, 6.45) is -0.277. The van der Waals surface area contributed by atoms with Gasteiger partial charge in [0.2, 0.25) is 5.91 Å². The van der Waals surface area contributed by atoms with Crippen molar-refractivity contribution in [1.29, 1.82) is 5.26 Å². The van der Waals surface area contributed by atoms with E-state index in [4.69, 9.17) is 28.5 Å². The van der Waals surface area contributed by atoms with Crippen molar-refractivity contribution in [2.75, 3.05) is 11.2 Å². The smallest absolute Gasteiger partial charge is 0.231 e. The molecule has 0 saturated heterocycles. The number of alkyl halides is 1. The van der Waals surface area contributed by atoms with Crippen LogP contribution in [0.4, 0.5) is 5.69 Å². The van der Waals surface area contributed by atoms with Crippen molar-refractivity contribution in [2.24, 2.45) is 0 Å². The van der Waals surface area contributed by atoms with Crippen LogP contribution in [0.25, 0.3) is 0 Å². The van der Waals surface area contributed by atoms with Crippen LogP contribution < -0.4 is 5.32 Å². The van der Waals surface area contributed by atoms with E-state index in [9.17, 15) is 9.59 Å². The summed E-state index contributed by atoms with van der Waals surface area (Å²) in [5.41, 5.74) is 0.753. The lowest BCUT2D eigenvalue weighted by Gasteiger charge is -2.05. The van der Waals surface area contributed by atoms with Gasteiger partial charge in [-0.15, -0.1) is 11.6 Å². The predicted octanol–water partition coefficient (Wildman–Crippen LogP) is 2.35. The Bertz CT molecular complexity index is 495. The third kappa shape index (κ3) is 4.06. The normalized spacial score (nSPS) is 9.47. The van der Waals surface area contributed by atoms with Crippen LogP contribution >= 0.6 is 23.2 Å². The number of ketones is 1. The van der Waals surface area contributed by atoms with Gasteiger partial charge < -0.3 is 5.32 Å². The Morgan fingerprint density at radius 3 is 2.65 bits per heavy atom. The van der Waals surface area contributed by atoms with Gasteiger partial charge in [0, 0.05) is 5.69 Å². The van der Waals surface area contributed by atoms with Crippen molar-refractivity contribution in [1.82, 2.24) is 0 Å². The van der Waals surface area contributed by atoms with Crippen molar-refractivity contribution in [3.05, 3.63) is 28.8 Å². The summed E-state index contributed by atoms with van der Waals surface area (Å²) in [5.74, 6) is -1.01. The van der Waals surface area contributed by atoms with Crippen molar-refractivity contribution in [3.8, 4) is 6.07 Å². The molecule has 4 nitrogen and oxygen atoms in total. The molecular weight excluding hydrogens is 263 g/mol. The minimum atomic E-state index is -0.462. The van der Waals surface area contributed by atoms with Gasteiger partial charge >= 0.3 is 0 Å². The topological polar surface area (TPSA) is 70.0 Å². The van der Waals surface area contributed by atoms with Crippen LogP contribution in [0.2, 0.25) is 5.02 Å². The van der Waals surface area contributed by atoms with E-state index in [0.717, 1.165) is 0 Å². The van der Waals surface area contributed by atoms with Gasteiger partial charge in [-0.3, -0.25) is 9.59 Å². The highest BCUT2D eigenvalue weighted by molar-refractivity contribution is 6.32. The van der Waals surface area contributed by atoms with E-state index >= 15 is 0 Å². The molecule has 0 spiro atoms. The molecule has 1 rings (SSSR count). The third-order valence-corrected chi connectivity index (χ3v) is 2.49. The minimum absolute atomic E-state index is 0.193. The fourth-order valence-electron chi connectivity index (χ4n) is 1.12. The SMILES string of the molecule is N#Cc1ccc(NC(=O)CC(=O)CCl)cc1Cl. The van der Waals surface area contributed by atoms with Crippen molar-refractivity contribution < 1.29 is 9.59 Å². The summed E-state index contributed by atoms with van der Waals surface area (Å²) in [6.45, 7) is 0. The molecule has 0 bridgehead atoms. The number of nitrogens with zero attached hydrogens (tertiary/aromatic N) is 1. The van der Waals surface area contributed by atoms with E-state index in [-0.39, 0.29) is 23.1 Å². The number of halogens is 2. The Labute approximate surface area is 108 Å². The highest BCUT2D eigenvalue weighted by Gasteiger charge is 2.09. The summed E-state index contributed by atoms with van der Waals surface area (Å²) in [6, 6.07) is 6.37. The number of carbonyl (C=O) groups is 2. The number of nitriles is 1. The summed E-state index contributed by atoms with van der Waals surface area (Å²) in [4.78, 5) is 22.3. The van der Waals surface area contributed by atoms with E-state index in [1.807, 2.05) is 6.07 Å². The predicted molar refractivity (Wildman–Crippen MR) is 65.1 cm³/mol. The van der Waals surface area contributed by atoms with Crippen LogP contribution in [-0.2, 0) is 9.59 Å². The standard InChI is InChI=1S/C11H8Cl2N2O2/c12-5-9(16)4-11(17)15-8-2-1-7(6-14)10(13)3-8/h1-3H,4-5H2,(H,15,17).